The monoisotopic (exact) mass is 306 g/mol. The maximum absolute atomic E-state index is 10.2. The lowest BCUT2D eigenvalue weighted by Gasteiger charge is -2.20. The van der Waals surface area contributed by atoms with Crippen molar-refractivity contribution in [1.82, 2.24) is 0 Å². The molecule has 2 rings (SSSR count). The molecule has 1 aliphatic rings. The van der Waals surface area contributed by atoms with Crippen molar-refractivity contribution < 1.29 is 24.1 Å². The molecule has 0 unspecified atom stereocenters. The van der Waals surface area contributed by atoms with E-state index in [2.05, 4.69) is 5.92 Å². The van der Waals surface area contributed by atoms with Crippen molar-refractivity contribution in [1.29, 1.82) is 0 Å². The van der Waals surface area contributed by atoms with Crippen LogP contribution in [0.15, 0.2) is 24.3 Å². The third kappa shape index (κ3) is 4.21. The van der Waals surface area contributed by atoms with E-state index in [9.17, 15) is 5.11 Å². The fraction of sp³-hybridized carbons (Fsp3) is 0.529. The van der Waals surface area contributed by atoms with Gasteiger partial charge in [0.1, 0.15) is 24.1 Å². The number of terminal acetylenes is 1. The van der Waals surface area contributed by atoms with Gasteiger partial charge in [-0.15, -0.1) is 6.42 Å². The lowest BCUT2D eigenvalue weighted by Crippen LogP contribution is -2.37. The van der Waals surface area contributed by atoms with E-state index in [1.165, 1.54) is 0 Å². The summed E-state index contributed by atoms with van der Waals surface area (Å²) in [5.74, 6) is 2.49. The van der Waals surface area contributed by atoms with Gasteiger partial charge >= 0.3 is 0 Å². The van der Waals surface area contributed by atoms with Crippen LogP contribution in [0.5, 0.6) is 5.75 Å². The molecule has 0 saturated carbocycles. The summed E-state index contributed by atoms with van der Waals surface area (Å²) in [4.78, 5) is 0. The van der Waals surface area contributed by atoms with Crippen LogP contribution in [0, 0.1) is 12.3 Å². The fourth-order valence-corrected chi connectivity index (χ4v) is 2.31. The summed E-state index contributed by atoms with van der Waals surface area (Å²) in [6.07, 6.45) is 3.40. The molecule has 0 bridgehead atoms. The molecule has 3 atom stereocenters. The molecule has 0 aliphatic carbocycles. The zero-order valence-corrected chi connectivity index (χ0v) is 13.1. The van der Waals surface area contributed by atoms with E-state index in [-0.39, 0.29) is 6.61 Å². The Kier molecular flexibility index (Phi) is 5.43. The van der Waals surface area contributed by atoms with Crippen molar-refractivity contribution >= 4 is 0 Å². The van der Waals surface area contributed by atoms with E-state index >= 15 is 0 Å². The number of hydrogen-bond donors (Lipinski definition) is 1. The van der Waals surface area contributed by atoms with Gasteiger partial charge in [-0.2, -0.15) is 0 Å². The second-order valence-electron chi connectivity index (χ2n) is 5.62. The van der Waals surface area contributed by atoms with Gasteiger partial charge in [-0.3, -0.25) is 0 Å². The summed E-state index contributed by atoms with van der Waals surface area (Å²) in [6, 6.07) is 7.54. The van der Waals surface area contributed by atoms with Crippen molar-refractivity contribution in [2.75, 3.05) is 13.7 Å². The topological polar surface area (TPSA) is 57.2 Å². The SMILES string of the molecule is C#C[C@H]1OC(C)(C)O[C@@H]1[C@@H](O)COCc1ccc(OC)cc1. The molecule has 0 spiro atoms. The second-order valence-corrected chi connectivity index (χ2v) is 5.62. The Bertz CT molecular complexity index is 517. The molecule has 0 aromatic heterocycles. The quantitative estimate of drug-likeness (QED) is 0.811. The lowest BCUT2D eigenvalue weighted by molar-refractivity contribution is -0.157. The van der Waals surface area contributed by atoms with Gasteiger partial charge in [-0.1, -0.05) is 18.1 Å². The van der Waals surface area contributed by atoms with Crippen molar-refractivity contribution in [2.24, 2.45) is 0 Å². The van der Waals surface area contributed by atoms with E-state index in [1.54, 1.807) is 21.0 Å². The van der Waals surface area contributed by atoms with Crippen molar-refractivity contribution in [3.63, 3.8) is 0 Å². The molecule has 5 nitrogen and oxygen atoms in total. The van der Waals surface area contributed by atoms with E-state index in [1.807, 2.05) is 24.3 Å². The Labute approximate surface area is 131 Å². The van der Waals surface area contributed by atoms with E-state index in [0.29, 0.717) is 6.61 Å². The minimum absolute atomic E-state index is 0.119. The molecule has 1 N–H and O–H groups in total. The van der Waals surface area contributed by atoms with Crippen LogP contribution in [0.1, 0.15) is 19.4 Å². The van der Waals surface area contributed by atoms with Crippen LogP contribution < -0.4 is 4.74 Å². The van der Waals surface area contributed by atoms with Gasteiger partial charge in [-0.25, -0.2) is 0 Å². The molecule has 1 fully saturated rings. The summed E-state index contributed by atoms with van der Waals surface area (Å²) < 4.78 is 21.8. The number of rotatable bonds is 6. The third-order valence-corrected chi connectivity index (χ3v) is 3.39. The largest absolute Gasteiger partial charge is 0.497 e. The Balaban J connectivity index is 1.82. The van der Waals surface area contributed by atoms with Crippen LogP contribution in [0.3, 0.4) is 0 Å². The standard InChI is InChI=1S/C17H22O5/c1-5-15-16(22-17(2,3)21-15)14(18)11-20-10-12-6-8-13(19-4)9-7-12/h1,6-9,14-16,18H,10-11H2,2-4H3/t14-,15+,16+/m0/s1. The first-order valence-corrected chi connectivity index (χ1v) is 7.15. The highest BCUT2D eigenvalue weighted by molar-refractivity contribution is 5.26. The summed E-state index contributed by atoms with van der Waals surface area (Å²) in [7, 11) is 1.62. The zero-order chi connectivity index (χ0) is 16.2. The van der Waals surface area contributed by atoms with Gasteiger partial charge in [0.15, 0.2) is 5.79 Å². The molecular weight excluding hydrogens is 284 g/mol. The number of aliphatic hydroxyl groups is 1. The molecular formula is C17H22O5. The maximum atomic E-state index is 10.2. The van der Waals surface area contributed by atoms with E-state index < -0.39 is 24.1 Å². The molecule has 0 radical (unpaired) electrons. The summed E-state index contributed by atoms with van der Waals surface area (Å²) in [6.45, 7) is 4.04. The molecule has 22 heavy (non-hydrogen) atoms. The van der Waals surface area contributed by atoms with Gasteiger partial charge in [-0.05, 0) is 31.5 Å². The number of aliphatic hydroxyl groups excluding tert-OH is 1. The van der Waals surface area contributed by atoms with E-state index in [4.69, 9.17) is 25.4 Å². The molecule has 1 aromatic rings. The first-order chi connectivity index (χ1) is 10.4. The van der Waals surface area contributed by atoms with Crippen molar-refractivity contribution in [2.45, 2.75) is 44.6 Å². The minimum Gasteiger partial charge on any atom is -0.497 e. The minimum atomic E-state index is -0.846. The van der Waals surface area contributed by atoms with Crippen LogP contribution in [0.4, 0.5) is 0 Å². The maximum Gasteiger partial charge on any atom is 0.165 e. The summed E-state index contributed by atoms with van der Waals surface area (Å²) in [5, 5.41) is 10.2. The van der Waals surface area contributed by atoms with Gasteiger partial charge in [0, 0.05) is 0 Å². The van der Waals surface area contributed by atoms with E-state index in [0.717, 1.165) is 11.3 Å². The van der Waals surface area contributed by atoms with Gasteiger partial charge in [0.2, 0.25) is 0 Å². The predicted octanol–water partition coefficient (Wildman–Crippen LogP) is 1.73. The first kappa shape index (κ1) is 16.8. The zero-order valence-electron chi connectivity index (χ0n) is 13.1. The Morgan fingerprint density at radius 2 is 2.00 bits per heavy atom. The second kappa shape index (κ2) is 7.12. The van der Waals surface area contributed by atoms with Crippen LogP contribution in [-0.4, -0.2) is 42.9 Å². The van der Waals surface area contributed by atoms with Gasteiger partial charge < -0.3 is 24.1 Å². The Morgan fingerprint density at radius 3 is 2.59 bits per heavy atom. The highest BCUT2D eigenvalue weighted by Crippen LogP contribution is 2.29. The number of benzene rings is 1. The normalized spacial score (nSPS) is 24.7. The van der Waals surface area contributed by atoms with Gasteiger partial charge in [0.25, 0.3) is 0 Å². The number of hydrogen-bond acceptors (Lipinski definition) is 5. The Morgan fingerprint density at radius 1 is 1.32 bits per heavy atom. The Hall–Kier alpha value is -1.58. The highest BCUT2D eigenvalue weighted by Gasteiger charge is 2.44. The van der Waals surface area contributed by atoms with Crippen LogP contribution in [-0.2, 0) is 20.8 Å². The average Bonchev–Trinajstić information content (AvgIpc) is 2.83. The van der Waals surface area contributed by atoms with Crippen LogP contribution in [0.2, 0.25) is 0 Å². The molecule has 0 amide bonds. The van der Waals surface area contributed by atoms with Crippen molar-refractivity contribution in [3.05, 3.63) is 29.8 Å². The molecule has 1 saturated heterocycles. The third-order valence-electron chi connectivity index (χ3n) is 3.39. The predicted molar refractivity (Wildman–Crippen MR) is 81.3 cm³/mol. The lowest BCUT2D eigenvalue weighted by atomic mass is 10.1. The molecule has 1 aromatic carbocycles. The van der Waals surface area contributed by atoms with Crippen LogP contribution in [0.25, 0.3) is 0 Å². The first-order valence-electron chi connectivity index (χ1n) is 7.15. The summed E-state index contributed by atoms with van der Waals surface area (Å²) in [5.41, 5.74) is 0.991. The molecule has 5 heteroatoms. The molecule has 120 valence electrons. The average molecular weight is 306 g/mol. The molecule has 1 heterocycles. The highest BCUT2D eigenvalue weighted by atomic mass is 16.8. The molecule has 1 aliphatic heterocycles. The number of methoxy groups -OCH3 is 1. The van der Waals surface area contributed by atoms with Crippen molar-refractivity contribution in [3.8, 4) is 18.1 Å². The summed E-state index contributed by atoms with van der Waals surface area (Å²) >= 11 is 0. The van der Waals surface area contributed by atoms with Crippen LogP contribution >= 0.6 is 0 Å². The van der Waals surface area contributed by atoms with Gasteiger partial charge in [0.05, 0.1) is 20.3 Å². The number of ether oxygens (including phenoxy) is 4. The smallest absolute Gasteiger partial charge is 0.165 e. The fourth-order valence-electron chi connectivity index (χ4n) is 2.31.